The molecular weight excluding hydrogens is 901 g/mol. The molecule has 9 atom stereocenters. The maximum atomic E-state index is 14.6. The largest absolute Gasteiger partial charge is 0.481 e. The summed E-state index contributed by atoms with van der Waals surface area (Å²) in [5.74, 6) is -6.60. The number of nitrogens with zero attached hydrogens (tertiary/aromatic N) is 4. The summed E-state index contributed by atoms with van der Waals surface area (Å²) in [5.41, 5.74) is 0.817. The quantitative estimate of drug-likeness (QED) is 0.0734. The number of hydrogen-bond acceptors (Lipinski definition) is 11. The molecule has 18 nitrogen and oxygen atoms in total. The number of aliphatic carboxylic acids is 1. The van der Waals surface area contributed by atoms with Crippen LogP contribution in [0.4, 0.5) is 0 Å². The van der Waals surface area contributed by atoms with Crippen LogP contribution in [0.3, 0.4) is 0 Å². The summed E-state index contributed by atoms with van der Waals surface area (Å²) in [7, 11) is 6.10. The minimum Gasteiger partial charge on any atom is -0.481 e. The van der Waals surface area contributed by atoms with Crippen molar-refractivity contribution in [3.8, 4) is 0 Å². The fraction of sp³-hybridized carbons (Fsp3) is 0.673. The molecule has 1 unspecified atom stereocenters. The average molecular weight is 981 g/mol. The van der Waals surface area contributed by atoms with E-state index in [0.29, 0.717) is 45.1 Å². The van der Waals surface area contributed by atoms with Crippen LogP contribution >= 0.6 is 0 Å². The summed E-state index contributed by atoms with van der Waals surface area (Å²) in [5, 5.41) is 15.5. The van der Waals surface area contributed by atoms with E-state index < -0.39 is 71.9 Å². The number of amides is 7. The second-order valence-corrected chi connectivity index (χ2v) is 19.7. The fourth-order valence-corrected chi connectivity index (χ4v) is 9.74. The Bertz CT molecular complexity index is 1980. The van der Waals surface area contributed by atoms with Gasteiger partial charge in [0.15, 0.2) is 0 Å². The number of unbranched alkanes of at least 4 members (excludes halogenated alkanes) is 2. The zero-order valence-corrected chi connectivity index (χ0v) is 43.3. The summed E-state index contributed by atoms with van der Waals surface area (Å²) < 4.78 is 12.0. The first-order valence-corrected chi connectivity index (χ1v) is 24.9. The molecule has 1 fully saturated rings. The number of nitrogens with one attached hydrogen (secondary N) is 2. The van der Waals surface area contributed by atoms with Crippen molar-refractivity contribution in [3.63, 3.8) is 0 Å². The van der Waals surface area contributed by atoms with Crippen LogP contribution in [0.5, 0.6) is 0 Å². The highest BCUT2D eigenvalue weighted by Gasteiger charge is 2.44. The number of carbonyl (C=O) groups is 9. The van der Waals surface area contributed by atoms with Gasteiger partial charge in [-0.05, 0) is 55.4 Å². The first-order chi connectivity index (χ1) is 33.1. The van der Waals surface area contributed by atoms with Gasteiger partial charge < -0.3 is 39.9 Å². The van der Waals surface area contributed by atoms with Gasteiger partial charge >= 0.3 is 5.97 Å². The number of Topliss-reactive ketones (excluding diaryl/α,β-unsaturated/α-hetero) is 1. The van der Waals surface area contributed by atoms with Crippen molar-refractivity contribution in [1.82, 2.24) is 30.2 Å². The predicted octanol–water partition coefficient (Wildman–Crippen LogP) is 4.03. The van der Waals surface area contributed by atoms with E-state index in [1.54, 1.807) is 51.5 Å². The smallest absolute Gasteiger partial charge is 0.307 e. The Labute approximate surface area is 414 Å². The van der Waals surface area contributed by atoms with E-state index in [1.807, 2.05) is 44.2 Å². The highest BCUT2D eigenvalue weighted by Crippen LogP contribution is 2.31. The van der Waals surface area contributed by atoms with Crippen molar-refractivity contribution in [1.29, 1.82) is 0 Å². The first kappa shape index (κ1) is 58.8. The Morgan fingerprint density at radius 2 is 1.49 bits per heavy atom. The number of hydrogen-bond donors (Lipinski definition) is 3. The molecular formula is C52H80N6O12. The minimum absolute atomic E-state index is 0.0882. The molecule has 18 heteroatoms. The molecule has 0 radical (unpaired) electrons. The number of carboxylic acid groups (broad SMARTS) is 1. The van der Waals surface area contributed by atoms with Crippen molar-refractivity contribution in [3.05, 3.63) is 48.0 Å². The maximum absolute atomic E-state index is 14.6. The van der Waals surface area contributed by atoms with Crippen molar-refractivity contribution < 1.29 is 57.7 Å². The van der Waals surface area contributed by atoms with Crippen LogP contribution in [-0.4, -0.2) is 162 Å². The van der Waals surface area contributed by atoms with Crippen LogP contribution in [0.2, 0.25) is 0 Å². The number of carbonyl (C=O) groups excluding carboxylic acids is 8. The van der Waals surface area contributed by atoms with Crippen LogP contribution in [0, 0.1) is 29.6 Å². The maximum Gasteiger partial charge on any atom is 0.307 e. The summed E-state index contributed by atoms with van der Waals surface area (Å²) in [6.45, 7) is 13.2. The number of likely N-dealkylation sites (tertiary alicyclic amines) is 1. The molecule has 0 aromatic heterocycles. The predicted molar refractivity (Wildman–Crippen MR) is 263 cm³/mol. The Balaban J connectivity index is 1.67. The molecule has 2 heterocycles. The van der Waals surface area contributed by atoms with Crippen LogP contribution in [0.1, 0.15) is 112 Å². The molecule has 2 aliphatic rings. The standard InChI is InChI=1S/C52H80N6O12/c1-12-34(6)48(40(69-10)30-44(63)57-27-19-22-38(57)49(70-11)35(7)39(59)29-37(52(67)68)28-36-20-15-13-16-21-36)56(9)51(66)46(32(2)3)54-50(65)47(33(4)5)55(8)45(64)31-53-41(60)23-17-14-18-26-58-42(61)24-25-43(58)62/h13,15-16,20-21,24-25,32-35,37-38,40,46-49H,12,14,17-19,22-23,26-31H2,1-11H3,(H,53,60)(H,54,65)(H,67,68)/t34-,35-,37+,38-,40+,46-,47-,48?,49+/m0/s1. The highest BCUT2D eigenvalue weighted by atomic mass is 16.5. The number of ether oxygens (including phenoxy) is 2. The van der Waals surface area contributed by atoms with Gasteiger partial charge in [-0.2, -0.15) is 0 Å². The van der Waals surface area contributed by atoms with Crippen LogP contribution in [0.25, 0.3) is 0 Å². The molecule has 1 saturated heterocycles. The van der Waals surface area contributed by atoms with Crippen LogP contribution in [-0.2, 0) is 59.0 Å². The normalized spacial score (nSPS) is 18.2. The third kappa shape index (κ3) is 16.3. The molecule has 70 heavy (non-hydrogen) atoms. The summed E-state index contributed by atoms with van der Waals surface area (Å²) in [6.07, 6.45) is 4.57. The number of likely N-dealkylation sites (N-methyl/N-ethyl adjacent to an activating group) is 2. The molecule has 0 saturated carbocycles. The molecule has 1 aromatic rings. The van der Waals surface area contributed by atoms with Gasteiger partial charge in [0.2, 0.25) is 29.5 Å². The Kier molecular flexibility index (Phi) is 23.8. The fourth-order valence-electron chi connectivity index (χ4n) is 9.74. The van der Waals surface area contributed by atoms with Gasteiger partial charge in [0.05, 0.1) is 43.2 Å². The number of rotatable bonds is 30. The molecule has 0 aliphatic carbocycles. The molecule has 0 bridgehead atoms. The van der Waals surface area contributed by atoms with E-state index in [2.05, 4.69) is 10.6 Å². The molecule has 7 amide bonds. The van der Waals surface area contributed by atoms with E-state index in [0.717, 1.165) is 10.5 Å². The number of ketones is 1. The minimum atomic E-state index is -1.06. The monoisotopic (exact) mass is 981 g/mol. The zero-order valence-electron chi connectivity index (χ0n) is 43.3. The topological polar surface area (TPSA) is 229 Å². The number of carboxylic acids is 1. The summed E-state index contributed by atoms with van der Waals surface area (Å²) in [4.78, 5) is 124. The third-order valence-corrected chi connectivity index (χ3v) is 14.0. The van der Waals surface area contributed by atoms with Crippen molar-refractivity contribution >= 4 is 53.1 Å². The average Bonchev–Trinajstić information content (AvgIpc) is 3.94. The van der Waals surface area contributed by atoms with E-state index >= 15 is 0 Å². The Hall–Kier alpha value is -5.49. The van der Waals surface area contributed by atoms with Gasteiger partial charge in [-0.3, -0.25) is 48.1 Å². The van der Waals surface area contributed by atoms with E-state index in [9.17, 15) is 48.3 Å². The Morgan fingerprint density at radius 1 is 0.843 bits per heavy atom. The molecule has 0 spiro atoms. The first-order valence-electron chi connectivity index (χ1n) is 24.9. The molecule has 390 valence electrons. The molecule has 3 rings (SSSR count). The van der Waals surface area contributed by atoms with Crippen molar-refractivity contribution in [2.24, 2.45) is 29.6 Å². The number of imide groups is 1. The highest BCUT2D eigenvalue weighted by molar-refractivity contribution is 6.12. The lowest BCUT2D eigenvalue weighted by atomic mass is 9.85. The van der Waals surface area contributed by atoms with Gasteiger partial charge in [0.25, 0.3) is 11.8 Å². The van der Waals surface area contributed by atoms with E-state index in [1.165, 1.54) is 38.3 Å². The lowest BCUT2D eigenvalue weighted by Gasteiger charge is -2.41. The molecule has 1 aromatic carbocycles. The number of methoxy groups -OCH3 is 2. The van der Waals surface area contributed by atoms with Gasteiger partial charge in [-0.1, -0.05) is 91.6 Å². The van der Waals surface area contributed by atoms with E-state index in [4.69, 9.17) is 9.47 Å². The SMILES string of the molecule is CC[C@H](C)C([C@@H](CC(=O)N1CCC[C@H]1[C@H](OC)[C@@H](C)C(=O)C[C@@H](Cc1ccccc1)C(=O)O)OC)N(C)C(=O)[C@@H](NC(=O)[C@H](C(C)C)N(C)C(=O)CNC(=O)CCCCCN1C(=O)C=CC1=O)C(C)C. The Morgan fingerprint density at radius 3 is 2.04 bits per heavy atom. The summed E-state index contributed by atoms with van der Waals surface area (Å²) in [6, 6.07) is 6.10. The molecule has 3 N–H and O–H groups in total. The van der Waals surface area contributed by atoms with Crippen LogP contribution < -0.4 is 10.6 Å². The van der Waals surface area contributed by atoms with Crippen molar-refractivity contribution in [2.45, 2.75) is 149 Å². The third-order valence-electron chi connectivity index (χ3n) is 14.0. The van der Waals surface area contributed by atoms with Crippen LogP contribution in [0.15, 0.2) is 42.5 Å². The lowest BCUT2D eigenvalue weighted by molar-refractivity contribution is -0.149. The summed E-state index contributed by atoms with van der Waals surface area (Å²) >= 11 is 0. The second kappa shape index (κ2) is 28.4. The van der Waals surface area contributed by atoms with Gasteiger partial charge in [0.1, 0.15) is 17.9 Å². The molecule has 2 aliphatic heterocycles. The van der Waals surface area contributed by atoms with Gasteiger partial charge in [-0.25, -0.2) is 0 Å². The number of benzene rings is 1. The van der Waals surface area contributed by atoms with E-state index in [-0.39, 0.29) is 85.9 Å². The lowest BCUT2D eigenvalue weighted by Crippen LogP contribution is -2.60. The van der Waals surface area contributed by atoms with Crippen molar-refractivity contribution in [2.75, 3.05) is 47.9 Å². The second-order valence-electron chi connectivity index (χ2n) is 19.7. The zero-order chi connectivity index (χ0) is 52.4. The van der Waals surface area contributed by atoms with Gasteiger partial charge in [-0.15, -0.1) is 0 Å². The van der Waals surface area contributed by atoms with Gasteiger partial charge in [0, 0.05) is 72.3 Å².